The Balaban J connectivity index is 1.46. The van der Waals surface area contributed by atoms with Gasteiger partial charge >= 0.3 is 0 Å². The van der Waals surface area contributed by atoms with E-state index < -0.39 is 11.6 Å². The molecule has 132 valence electrons. The van der Waals surface area contributed by atoms with Crippen molar-refractivity contribution in [3.8, 4) is 0 Å². The highest BCUT2D eigenvalue weighted by molar-refractivity contribution is 5.96. The molecule has 5 nitrogen and oxygen atoms in total. The van der Waals surface area contributed by atoms with Gasteiger partial charge < -0.3 is 15.0 Å². The Morgan fingerprint density at radius 3 is 2.88 bits per heavy atom. The van der Waals surface area contributed by atoms with Crippen molar-refractivity contribution in [2.75, 3.05) is 6.61 Å². The summed E-state index contributed by atoms with van der Waals surface area (Å²) in [5.74, 6) is -1.03. The quantitative estimate of drug-likeness (QED) is 0.906. The van der Waals surface area contributed by atoms with Gasteiger partial charge in [0.2, 0.25) is 5.88 Å². The van der Waals surface area contributed by atoms with Gasteiger partial charge in [0, 0.05) is 36.8 Å². The predicted molar refractivity (Wildman–Crippen MR) is 90.4 cm³/mol. The normalized spacial score (nSPS) is 17.5. The van der Waals surface area contributed by atoms with Crippen LogP contribution in [0.3, 0.4) is 0 Å². The molecule has 26 heavy (non-hydrogen) atoms. The van der Waals surface area contributed by atoms with Crippen molar-refractivity contribution in [3.63, 3.8) is 0 Å². The Labute approximate surface area is 148 Å². The van der Waals surface area contributed by atoms with Crippen LogP contribution in [0.5, 0.6) is 0 Å². The number of halogens is 2. The number of fused-ring (bicyclic) bond motifs is 2. The van der Waals surface area contributed by atoms with Gasteiger partial charge in [0.05, 0.1) is 17.5 Å². The van der Waals surface area contributed by atoms with Gasteiger partial charge in [-0.15, -0.1) is 0 Å². The zero-order chi connectivity index (χ0) is 18.1. The first-order valence-electron chi connectivity index (χ1n) is 8.02. The Hall–Kier alpha value is -3.35. The van der Waals surface area contributed by atoms with Crippen molar-refractivity contribution in [2.24, 2.45) is 0 Å². The van der Waals surface area contributed by atoms with Crippen LogP contribution in [0.15, 0.2) is 78.4 Å². The van der Waals surface area contributed by atoms with Gasteiger partial charge in [0.25, 0.3) is 5.91 Å². The molecule has 0 radical (unpaired) electrons. The van der Waals surface area contributed by atoms with E-state index >= 15 is 0 Å². The molecule has 0 bridgehead atoms. The van der Waals surface area contributed by atoms with Crippen LogP contribution in [0, 0.1) is 11.6 Å². The summed E-state index contributed by atoms with van der Waals surface area (Å²) >= 11 is 0. The largest absolute Gasteiger partial charge is 0.473 e. The molecular weight excluding hydrogens is 340 g/mol. The van der Waals surface area contributed by atoms with E-state index in [1.165, 1.54) is 6.07 Å². The summed E-state index contributed by atoms with van der Waals surface area (Å²) in [7, 11) is 0. The molecule has 0 aromatic heterocycles. The number of hydrogen-bond donors (Lipinski definition) is 1. The van der Waals surface area contributed by atoms with Crippen LogP contribution < -0.4 is 5.32 Å². The summed E-state index contributed by atoms with van der Waals surface area (Å²) in [6.45, 7) is 0.469. The molecule has 1 aromatic carbocycles. The maximum atomic E-state index is 13.7. The fraction of sp³-hybridized carbons (Fsp3) is 0.105. The molecule has 0 aliphatic carbocycles. The number of ether oxygens (including phenoxy) is 1. The van der Waals surface area contributed by atoms with Gasteiger partial charge in [0.15, 0.2) is 0 Å². The van der Waals surface area contributed by atoms with Crippen LogP contribution in [0.1, 0.15) is 5.56 Å². The second-order valence-electron chi connectivity index (χ2n) is 5.87. The van der Waals surface area contributed by atoms with Crippen molar-refractivity contribution >= 4 is 5.91 Å². The molecule has 0 unspecified atom stereocenters. The number of amides is 1. The van der Waals surface area contributed by atoms with Crippen molar-refractivity contribution in [2.45, 2.75) is 6.54 Å². The van der Waals surface area contributed by atoms with Crippen molar-refractivity contribution < 1.29 is 18.3 Å². The van der Waals surface area contributed by atoms with E-state index in [9.17, 15) is 13.6 Å². The minimum Gasteiger partial charge on any atom is -0.473 e. The molecule has 4 rings (SSSR count). The first-order valence-corrected chi connectivity index (χ1v) is 8.02. The third-order valence-corrected chi connectivity index (χ3v) is 4.10. The number of nitrogens with zero attached hydrogens (tertiary/aromatic N) is 2. The number of nitrogens with one attached hydrogen (secondary N) is 1. The second-order valence-corrected chi connectivity index (χ2v) is 5.87. The maximum absolute atomic E-state index is 13.7. The van der Waals surface area contributed by atoms with Crippen LogP contribution in [-0.4, -0.2) is 22.3 Å². The summed E-state index contributed by atoms with van der Waals surface area (Å²) in [6.07, 6.45) is 12.7. The second kappa shape index (κ2) is 6.51. The minimum absolute atomic E-state index is 0.0262. The lowest BCUT2D eigenvalue weighted by atomic mass is 10.1. The smallest absolute Gasteiger partial charge is 0.253 e. The first-order chi connectivity index (χ1) is 12.6. The lowest BCUT2D eigenvalue weighted by Crippen LogP contribution is -2.30. The highest BCUT2D eigenvalue weighted by atomic mass is 19.1. The van der Waals surface area contributed by atoms with Crippen LogP contribution in [0.25, 0.3) is 0 Å². The van der Waals surface area contributed by atoms with Gasteiger partial charge in [-0.25, -0.2) is 8.78 Å². The number of rotatable bonds is 3. The van der Waals surface area contributed by atoms with Crippen LogP contribution in [0.4, 0.5) is 8.78 Å². The van der Waals surface area contributed by atoms with Crippen LogP contribution >= 0.6 is 0 Å². The molecule has 3 aliphatic heterocycles. The molecule has 3 aliphatic rings. The number of benzene rings is 1. The fourth-order valence-electron chi connectivity index (χ4n) is 2.74. The molecule has 1 aromatic rings. The van der Waals surface area contributed by atoms with Gasteiger partial charge in [-0.2, -0.15) is 0 Å². The summed E-state index contributed by atoms with van der Waals surface area (Å²) in [4.78, 5) is 16.0. The molecule has 0 saturated heterocycles. The van der Waals surface area contributed by atoms with E-state index in [1.807, 2.05) is 29.5 Å². The standard InChI is InChI=1S/C19H15F2N3O2/c20-15-4-2-13(17(21)8-15)9-22-19(25)14-3-5-16-11-23-6-1-7-26-18(23)12-24(16)10-14/h1-6,8,10-12H,7,9H2,(H,22,25). The summed E-state index contributed by atoms with van der Waals surface area (Å²) < 4.78 is 32.1. The van der Waals surface area contributed by atoms with Gasteiger partial charge in [-0.05, 0) is 24.3 Å². The average molecular weight is 355 g/mol. The third-order valence-electron chi connectivity index (χ3n) is 4.10. The molecule has 3 heterocycles. The van der Waals surface area contributed by atoms with E-state index in [0.29, 0.717) is 18.1 Å². The highest BCUT2D eigenvalue weighted by Gasteiger charge is 2.22. The molecule has 0 fully saturated rings. The topological polar surface area (TPSA) is 44.8 Å². The van der Waals surface area contributed by atoms with Crippen molar-refractivity contribution in [1.29, 1.82) is 0 Å². The molecule has 0 spiro atoms. The Kier molecular flexibility index (Phi) is 4.04. The lowest BCUT2D eigenvalue weighted by molar-refractivity contribution is -0.117. The summed E-state index contributed by atoms with van der Waals surface area (Å²) in [5.41, 5.74) is 1.52. The number of carbonyl (C=O) groups is 1. The SMILES string of the molecule is O=C(NCc1ccc(F)cc1F)C1=CN2C=C3OCC=CN3C=C2C=C1. The first kappa shape index (κ1) is 16.1. The molecule has 1 N–H and O–H groups in total. The number of allylic oxidation sites excluding steroid dienone is 1. The van der Waals surface area contributed by atoms with E-state index in [2.05, 4.69) is 5.32 Å². The van der Waals surface area contributed by atoms with Gasteiger partial charge in [-0.1, -0.05) is 6.07 Å². The molecule has 1 amide bonds. The van der Waals surface area contributed by atoms with E-state index in [0.717, 1.165) is 17.8 Å². The average Bonchev–Trinajstić information content (AvgIpc) is 2.65. The lowest BCUT2D eigenvalue weighted by Gasteiger charge is -2.33. The Bertz CT molecular complexity index is 915. The van der Waals surface area contributed by atoms with E-state index in [-0.39, 0.29) is 18.0 Å². The Morgan fingerprint density at radius 1 is 1.15 bits per heavy atom. The minimum atomic E-state index is -0.688. The summed E-state index contributed by atoms with van der Waals surface area (Å²) in [5, 5.41) is 2.64. The predicted octanol–water partition coefficient (Wildman–Crippen LogP) is 2.84. The fourth-order valence-corrected chi connectivity index (χ4v) is 2.74. The molecule has 7 heteroatoms. The number of carbonyl (C=O) groups excluding carboxylic acids is 1. The monoisotopic (exact) mass is 355 g/mol. The zero-order valence-electron chi connectivity index (χ0n) is 13.7. The van der Waals surface area contributed by atoms with Gasteiger partial charge in [0.1, 0.15) is 18.2 Å². The van der Waals surface area contributed by atoms with Crippen molar-refractivity contribution in [1.82, 2.24) is 15.1 Å². The Morgan fingerprint density at radius 2 is 2.04 bits per heavy atom. The molecular formula is C19H15F2N3O2. The third kappa shape index (κ3) is 3.11. The van der Waals surface area contributed by atoms with Crippen molar-refractivity contribution in [3.05, 3.63) is 95.6 Å². The summed E-state index contributed by atoms with van der Waals surface area (Å²) in [6, 6.07) is 3.27. The molecule has 0 atom stereocenters. The van der Waals surface area contributed by atoms with E-state index in [1.54, 1.807) is 23.4 Å². The zero-order valence-corrected chi connectivity index (χ0v) is 13.7. The molecule has 0 saturated carbocycles. The van der Waals surface area contributed by atoms with Crippen LogP contribution in [0.2, 0.25) is 0 Å². The van der Waals surface area contributed by atoms with Crippen LogP contribution in [-0.2, 0) is 16.1 Å². The maximum Gasteiger partial charge on any atom is 0.253 e. The van der Waals surface area contributed by atoms with Gasteiger partial charge in [-0.3, -0.25) is 9.69 Å². The highest BCUT2D eigenvalue weighted by Crippen LogP contribution is 2.27. The van der Waals surface area contributed by atoms with E-state index in [4.69, 9.17) is 4.74 Å². The number of hydrogen-bond acceptors (Lipinski definition) is 4.